The van der Waals surface area contributed by atoms with E-state index in [2.05, 4.69) is 0 Å². The lowest BCUT2D eigenvalue weighted by Crippen LogP contribution is -1.98. The maximum atomic E-state index is 10.9. The largest absolute Gasteiger partial charge is 0.744 e. The Hall–Kier alpha value is -1.04. The van der Waals surface area contributed by atoms with Crippen molar-refractivity contribution >= 4 is 41.8 Å². The van der Waals surface area contributed by atoms with E-state index >= 15 is 0 Å². The zero-order valence-electron chi connectivity index (χ0n) is 10.7. The van der Waals surface area contributed by atoms with Gasteiger partial charge in [0.05, 0.1) is 9.79 Å². The maximum absolute atomic E-state index is 10.9. The molecular formula is C12H8O6S4-2. The highest BCUT2D eigenvalue weighted by atomic mass is 33.1. The van der Waals surface area contributed by atoms with Gasteiger partial charge in [-0.15, -0.1) is 0 Å². The molecule has 2 aromatic rings. The van der Waals surface area contributed by atoms with Gasteiger partial charge in [0.2, 0.25) is 0 Å². The summed E-state index contributed by atoms with van der Waals surface area (Å²) in [5.74, 6) is 0. The van der Waals surface area contributed by atoms with Crippen molar-refractivity contribution in [2.75, 3.05) is 0 Å². The highest BCUT2D eigenvalue weighted by molar-refractivity contribution is 8.76. The van der Waals surface area contributed by atoms with E-state index in [0.29, 0.717) is 9.79 Å². The summed E-state index contributed by atoms with van der Waals surface area (Å²) >= 11 is 0. The van der Waals surface area contributed by atoms with Gasteiger partial charge in [0.1, 0.15) is 20.2 Å². The second-order valence-corrected chi connectivity index (χ2v) is 9.06. The quantitative estimate of drug-likeness (QED) is 0.577. The van der Waals surface area contributed by atoms with Crippen LogP contribution in [0.25, 0.3) is 0 Å². The summed E-state index contributed by atoms with van der Waals surface area (Å²) < 4.78 is 65.6. The van der Waals surface area contributed by atoms with Crippen LogP contribution < -0.4 is 0 Å². The molecule has 0 amide bonds. The Morgan fingerprint density at radius 3 is 1.36 bits per heavy atom. The van der Waals surface area contributed by atoms with Gasteiger partial charge in [0.15, 0.2) is 0 Å². The van der Waals surface area contributed by atoms with Gasteiger partial charge in [-0.05, 0) is 36.4 Å². The van der Waals surface area contributed by atoms with E-state index in [4.69, 9.17) is 0 Å². The molecule has 0 radical (unpaired) electrons. The van der Waals surface area contributed by atoms with Crippen LogP contribution in [0, 0.1) is 0 Å². The molecule has 0 aliphatic rings. The molecule has 0 saturated carbocycles. The van der Waals surface area contributed by atoms with Crippen molar-refractivity contribution in [2.45, 2.75) is 19.6 Å². The van der Waals surface area contributed by atoms with Crippen LogP contribution in [0.1, 0.15) is 0 Å². The van der Waals surface area contributed by atoms with E-state index in [1.54, 1.807) is 12.1 Å². The second-order valence-electron chi connectivity index (χ2n) is 4.02. The summed E-state index contributed by atoms with van der Waals surface area (Å²) in [4.78, 5) is 0.345. The van der Waals surface area contributed by atoms with Crippen LogP contribution >= 0.6 is 21.6 Å². The van der Waals surface area contributed by atoms with E-state index in [9.17, 15) is 25.9 Å². The Bertz CT molecular complexity index is 814. The monoisotopic (exact) mass is 376 g/mol. The Morgan fingerprint density at radius 1 is 0.682 bits per heavy atom. The molecule has 0 bridgehead atoms. The molecule has 6 nitrogen and oxygen atoms in total. The third kappa shape index (κ3) is 4.73. The summed E-state index contributed by atoms with van der Waals surface area (Å²) in [6.07, 6.45) is 0. The van der Waals surface area contributed by atoms with Crippen LogP contribution in [0.3, 0.4) is 0 Å². The Balaban J connectivity index is 2.18. The normalized spacial score (nSPS) is 12.3. The lowest BCUT2D eigenvalue weighted by atomic mass is 10.4. The first-order valence-electron chi connectivity index (χ1n) is 5.63. The SMILES string of the molecule is O=S(=O)([O-])c1cccc(SSc2cccc(S(=O)(=O)[O-])c2)c1. The van der Waals surface area contributed by atoms with Gasteiger partial charge < -0.3 is 9.11 Å². The van der Waals surface area contributed by atoms with E-state index in [1.807, 2.05) is 0 Å². The smallest absolute Gasteiger partial charge is 0.124 e. The molecule has 0 saturated heterocycles. The van der Waals surface area contributed by atoms with Gasteiger partial charge >= 0.3 is 0 Å². The first kappa shape index (κ1) is 17.3. The van der Waals surface area contributed by atoms with Crippen molar-refractivity contribution in [1.82, 2.24) is 0 Å². The van der Waals surface area contributed by atoms with E-state index in [1.165, 1.54) is 36.4 Å². The fourth-order valence-corrected chi connectivity index (χ4v) is 4.65. The minimum atomic E-state index is -4.53. The van der Waals surface area contributed by atoms with Crippen LogP contribution in [-0.4, -0.2) is 25.9 Å². The molecule has 0 spiro atoms. The molecule has 0 N–H and O–H groups in total. The van der Waals surface area contributed by atoms with Crippen molar-refractivity contribution in [3.63, 3.8) is 0 Å². The molecule has 0 atom stereocenters. The zero-order valence-corrected chi connectivity index (χ0v) is 14.0. The second kappa shape index (κ2) is 6.60. The molecule has 22 heavy (non-hydrogen) atoms. The van der Waals surface area contributed by atoms with Crippen LogP contribution in [0.5, 0.6) is 0 Å². The van der Waals surface area contributed by atoms with E-state index in [-0.39, 0.29) is 9.79 Å². The first-order chi connectivity index (χ1) is 10.2. The number of hydrogen-bond donors (Lipinski definition) is 0. The molecule has 0 aromatic heterocycles. The van der Waals surface area contributed by atoms with Crippen LogP contribution in [-0.2, 0) is 20.2 Å². The molecule has 2 aromatic carbocycles. The van der Waals surface area contributed by atoms with Crippen molar-refractivity contribution in [3.8, 4) is 0 Å². The van der Waals surface area contributed by atoms with Gasteiger partial charge in [-0.25, -0.2) is 16.8 Å². The summed E-state index contributed by atoms with van der Waals surface area (Å²) in [5, 5.41) is 0. The third-order valence-electron chi connectivity index (χ3n) is 2.42. The molecule has 118 valence electrons. The van der Waals surface area contributed by atoms with E-state index < -0.39 is 20.2 Å². The van der Waals surface area contributed by atoms with Crippen LogP contribution in [0.15, 0.2) is 68.1 Å². The van der Waals surface area contributed by atoms with Crippen molar-refractivity contribution in [3.05, 3.63) is 48.5 Å². The predicted octanol–water partition coefficient (Wildman–Crippen LogP) is 2.29. The van der Waals surface area contributed by atoms with Crippen molar-refractivity contribution in [2.24, 2.45) is 0 Å². The van der Waals surface area contributed by atoms with Gasteiger partial charge in [0.25, 0.3) is 0 Å². The lowest BCUT2D eigenvalue weighted by molar-refractivity contribution is 0.460. The van der Waals surface area contributed by atoms with Crippen molar-refractivity contribution in [1.29, 1.82) is 0 Å². The molecular weight excluding hydrogens is 368 g/mol. The molecule has 10 heteroatoms. The van der Waals surface area contributed by atoms with Crippen molar-refractivity contribution < 1.29 is 25.9 Å². The summed E-state index contributed by atoms with van der Waals surface area (Å²) in [5.41, 5.74) is 0. The highest BCUT2D eigenvalue weighted by Crippen LogP contribution is 2.38. The average molecular weight is 376 g/mol. The van der Waals surface area contributed by atoms with Gasteiger partial charge in [0, 0.05) is 9.79 Å². The van der Waals surface area contributed by atoms with Gasteiger partial charge in [-0.2, -0.15) is 0 Å². The minimum absolute atomic E-state index is 0.339. The standard InChI is InChI=1S/C12H10O6S4/c13-21(14,15)11-5-1-3-9(7-11)19-20-10-4-2-6-12(8-10)22(16,17)18/h1-8H,(H,13,14,15)(H,16,17,18)/p-2. The maximum Gasteiger partial charge on any atom is 0.124 e. The predicted molar refractivity (Wildman–Crippen MR) is 80.5 cm³/mol. The fraction of sp³-hybridized carbons (Fsp3) is 0. The summed E-state index contributed by atoms with van der Waals surface area (Å²) in [6.45, 7) is 0. The molecule has 0 aliphatic heterocycles. The fourth-order valence-electron chi connectivity index (χ4n) is 1.46. The molecule has 0 unspecified atom stereocenters. The van der Waals surface area contributed by atoms with Gasteiger partial charge in [-0.1, -0.05) is 33.7 Å². The minimum Gasteiger partial charge on any atom is -0.744 e. The van der Waals surface area contributed by atoms with Crippen LogP contribution in [0.4, 0.5) is 0 Å². The number of rotatable bonds is 5. The summed E-state index contributed by atoms with van der Waals surface area (Å²) in [6, 6.07) is 10.9. The Labute approximate surface area is 135 Å². The van der Waals surface area contributed by atoms with Gasteiger partial charge in [-0.3, -0.25) is 0 Å². The summed E-state index contributed by atoms with van der Waals surface area (Å²) in [7, 11) is -6.78. The molecule has 0 aliphatic carbocycles. The zero-order chi connectivity index (χ0) is 16.4. The number of hydrogen-bond acceptors (Lipinski definition) is 8. The Morgan fingerprint density at radius 2 is 1.05 bits per heavy atom. The highest BCUT2D eigenvalue weighted by Gasteiger charge is 2.06. The molecule has 0 heterocycles. The third-order valence-corrected chi connectivity index (χ3v) is 6.47. The molecule has 0 fully saturated rings. The van der Waals surface area contributed by atoms with Crippen LogP contribution in [0.2, 0.25) is 0 Å². The van der Waals surface area contributed by atoms with E-state index in [0.717, 1.165) is 21.6 Å². The number of benzene rings is 2. The topological polar surface area (TPSA) is 114 Å². The average Bonchev–Trinajstić information content (AvgIpc) is 2.44. The Kier molecular flexibility index (Phi) is 5.20. The molecule has 2 rings (SSSR count). The first-order valence-corrected chi connectivity index (χ1v) is 10.6. The lowest BCUT2D eigenvalue weighted by Gasteiger charge is -2.09.